The van der Waals surface area contributed by atoms with E-state index in [4.69, 9.17) is 9.47 Å². The van der Waals surface area contributed by atoms with Crippen molar-refractivity contribution in [1.29, 1.82) is 0 Å². The Kier molecular flexibility index (Phi) is 9.96. The molecule has 1 aromatic rings. The molecule has 0 saturated carbocycles. The van der Waals surface area contributed by atoms with E-state index < -0.39 is 0 Å². The summed E-state index contributed by atoms with van der Waals surface area (Å²) >= 11 is 1.47. The van der Waals surface area contributed by atoms with Crippen LogP contribution in [0.1, 0.15) is 75.1 Å². The van der Waals surface area contributed by atoms with Gasteiger partial charge >= 0.3 is 5.97 Å². The third kappa shape index (κ3) is 7.51. The molecule has 0 aliphatic rings. The Morgan fingerprint density at radius 3 is 2.24 bits per heavy atom. The van der Waals surface area contributed by atoms with Crippen LogP contribution in [-0.2, 0) is 4.74 Å². The Labute approximate surface area is 132 Å². The molecule has 0 N–H and O–H groups in total. The van der Waals surface area contributed by atoms with Gasteiger partial charge in [0.05, 0.1) is 13.7 Å². The van der Waals surface area contributed by atoms with E-state index in [0.717, 1.165) is 6.42 Å². The van der Waals surface area contributed by atoms with E-state index in [2.05, 4.69) is 6.92 Å². The third-order valence-electron chi connectivity index (χ3n) is 3.54. The van der Waals surface area contributed by atoms with Gasteiger partial charge in [-0.15, -0.1) is 11.3 Å². The van der Waals surface area contributed by atoms with Crippen LogP contribution in [0.15, 0.2) is 10.8 Å². The van der Waals surface area contributed by atoms with Crippen LogP contribution in [0.25, 0.3) is 0 Å². The van der Waals surface area contributed by atoms with Gasteiger partial charge < -0.3 is 9.47 Å². The Hall–Kier alpha value is -1.03. The van der Waals surface area contributed by atoms with Crippen LogP contribution in [0.4, 0.5) is 0 Å². The maximum Gasteiger partial charge on any atom is 0.342 e. The highest BCUT2D eigenvalue weighted by molar-refractivity contribution is 7.08. The van der Waals surface area contributed by atoms with Gasteiger partial charge in [0.25, 0.3) is 0 Å². The third-order valence-corrected chi connectivity index (χ3v) is 4.26. The minimum atomic E-state index is -0.321. The first-order valence-electron chi connectivity index (χ1n) is 8.07. The van der Waals surface area contributed by atoms with Crippen molar-refractivity contribution in [1.82, 2.24) is 0 Å². The van der Waals surface area contributed by atoms with Gasteiger partial charge in [-0.25, -0.2) is 4.79 Å². The van der Waals surface area contributed by atoms with Crippen molar-refractivity contribution in [3.8, 4) is 5.75 Å². The van der Waals surface area contributed by atoms with E-state index >= 15 is 0 Å². The van der Waals surface area contributed by atoms with E-state index in [1.807, 2.05) is 5.38 Å². The molecule has 120 valence electrons. The maximum absolute atomic E-state index is 11.5. The molecule has 0 spiro atoms. The van der Waals surface area contributed by atoms with Gasteiger partial charge in [-0.1, -0.05) is 58.3 Å². The summed E-state index contributed by atoms with van der Waals surface area (Å²) in [7, 11) is 1.39. The average molecular weight is 312 g/mol. The number of rotatable bonds is 12. The Bertz CT molecular complexity index is 387. The van der Waals surface area contributed by atoms with Crippen LogP contribution >= 0.6 is 11.3 Å². The van der Waals surface area contributed by atoms with E-state index in [1.165, 1.54) is 69.8 Å². The van der Waals surface area contributed by atoms with E-state index in [-0.39, 0.29) is 5.97 Å². The van der Waals surface area contributed by atoms with Crippen molar-refractivity contribution in [3.63, 3.8) is 0 Å². The second kappa shape index (κ2) is 11.6. The Morgan fingerprint density at radius 2 is 1.62 bits per heavy atom. The molecule has 0 atom stereocenters. The lowest BCUT2D eigenvalue weighted by molar-refractivity contribution is 0.0597. The normalized spacial score (nSPS) is 10.6. The Morgan fingerprint density at radius 1 is 1.00 bits per heavy atom. The molecule has 21 heavy (non-hydrogen) atoms. The van der Waals surface area contributed by atoms with Crippen molar-refractivity contribution in [2.24, 2.45) is 0 Å². The standard InChI is InChI=1S/C17H28O3S/c1-3-4-5-6-7-8-9-10-11-12-20-16-14-21-13-15(16)17(18)19-2/h13-14H,3-12H2,1-2H3. The minimum absolute atomic E-state index is 0.321. The lowest BCUT2D eigenvalue weighted by Gasteiger charge is -2.06. The summed E-state index contributed by atoms with van der Waals surface area (Å²) in [6.07, 6.45) is 11.7. The zero-order valence-corrected chi connectivity index (χ0v) is 14.2. The number of hydrogen-bond donors (Lipinski definition) is 0. The van der Waals surface area contributed by atoms with Gasteiger partial charge in [-0.05, 0) is 6.42 Å². The molecule has 0 bridgehead atoms. The smallest absolute Gasteiger partial charge is 0.342 e. The van der Waals surface area contributed by atoms with Crippen LogP contribution in [0, 0.1) is 0 Å². The van der Waals surface area contributed by atoms with Crippen LogP contribution < -0.4 is 4.74 Å². The molecule has 0 saturated heterocycles. The predicted octanol–water partition coefficient (Wildman–Crippen LogP) is 5.44. The van der Waals surface area contributed by atoms with Gasteiger partial charge in [0.2, 0.25) is 0 Å². The molecule has 1 rings (SSSR count). The number of unbranched alkanes of at least 4 members (excludes halogenated alkanes) is 8. The summed E-state index contributed by atoms with van der Waals surface area (Å²) in [5.74, 6) is 0.338. The Balaban J connectivity index is 2.02. The fraction of sp³-hybridized carbons (Fsp3) is 0.706. The lowest BCUT2D eigenvalue weighted by atomic mass is 10.1. The van der Waals surface area contributed by atoms with E-state index in [0.29, 0.717) is 17.9 Å². The fourth-order valence-electron chi connectivity index (χ4n) is 2.25. The number of carbonyl (C=O) groups excluding carboxylic acids is 1. The van der Waals surface area contributed by atoms with Crippen LogP contribution in [0.5, 0.6) is 5.75 Å². The first-order valence-corrected chi connectivity index (χ1v) is 9.01. The largest absolute Gasteiger partial charge is 0.492 e. The van der Waals surface area contributed by atoms with E-state index in [1.54, 1.807) is 5.38 Å². The SMILES string of the molecule is CCCCCCCCCCCOc1cscc1C(=O)OC. The van der Waals surface area contributed by atoms with Gasteiger partial charge in [0.15, 0.2) is 0 Å². The lowest BCUT2D eigenvalue weighted by Crippen LogP contribution is -2.04. The summed E-state index contributed by atoms with van der Waals surface area (Å²) in [6.45, 7) is 2.93. The molecule has 0 aliphatic heterocycles. The summed E-state index contributed by atoms with van der Waals surface area (Å²) in [4.78, 5) is 11.5. The number of esters is 1. The van der Waals surface area contributed by atoms with Gasteiger partial charge in [0.1, 0.15) is 11.3 Å². The molecule has 0 amide bonds. The second-order valence-electron chi connectivity index (χ2n) is 5.32. The predicted molar refractivity (Wildman–Crippen MR) is 88.4 cm³/mol. The molecule has 1 aromatic heterocycles. The van der Waals surface area contributed by atoms with Gasteiger partial charge in [-0.3, -0.25) is 0 Å². The van der Waals surface area contributed by atoms with Crippen molar-refractivity contribution in [2.45, 2.75) is 64.7 Å². The minimum Gasteiger partial charge on any atom is -0.492 e. The summed E-state index contributed by atoms with van der Waals surface area (Å²) < 4.78 is 10.4. The fourth-order valence-corrected chi connectivity index (χ4v) is 2.99. The van der Waals surface area contributed by atoms with E-state index in [9.17, 15) is 4.79 Å². The molecule has 0 aliphatic carbocycles. The van der Waals surface area contributed by atoms with Gasteiger partial charge in [-0.2, -0.15) is 0 Å². The van der Waals surface area contributed by atoms with Crippen molar-refractivity contribution in [3.05, 3.63) is 16.3 Å². The first-order chi connectivity index (χ1) is 10.3. The molecule has 0 fully saturated rings. The summed E-state index contributed by atoms with van der Waals surface area (Å²) in [5.41, 5.74) is 0.540. The van der Waals surface area contributed by atoms with Crippen molar-refractivity contribution < 1.29 is 14.3 Å². The van der Waals surface area contributed by atoms with Crippen LogP contribution in [0.3, 0.4) is 0 Å². The van der Waals surface area contributed by atoms with Crippen LogP contribution in [-0.4, -0.2) is 19.7 Å². The molecule has 3 nitrogen and oxygen atoms in total. The molecular weight excluding hydrogens is 284 g/mol. The number of carbonyl (C=O) groups is 1. The molecule has 1 heterocycles. The molecule has 0 unspecified atom stereocenters. The van der Waals surface area contributed by atoms with Gasteiger partial charge in [0, 0.05) is 10.8 Å². The summed E-state index contributed by atoms with van der Waals surface area (Å²) in [5, 5.41) is 3.64. The number of hydrogen-bond acceptors (Lipinski definition) is 4. The quantitative estimate of drug-likeness (QED) is 0.380. The van der Waals surface area contributed by atoms with Crippen molar-refractivity contribution in [2.75, 3.05) is 13.7 Å². The highest BCUT2D eigenvalue weighted by Crippen LogP contribution is 2.24. The average Bonchev–Trinajstić information content (AvgIpc) is 2.97. The summed E-state index contributed by atoms with van der Waals surface area (Å²) in [6, 6.07) is 0. The molecule has 0 aromatic carbocycles. The highest BCUT2D eigenvalue weighted by Gasteiger charge is 2.13. The zero-order valence-electron chi connectivity index (χ0n) is 13.4. The number of ether oxygens (including phenoxy) is 2. The number of methoxy groups -OCH3 is 1. The number of thiophene rings is 1. The zero-order chi connectivity index (χ0) is 15.3. The van der Waals surface area contributed by atoms with Crippen molar-refractivity contribution >= 4 is 17.3 Å². The maximum atomic E-state index is 11.5. The first kappa shape index (κ1) is 18.0. The van der Waals surface area contributed by atoms with Crippen LogP contribution in [0.2, 0.25) is 0 Å². The highest BCUT2D eigenvalue weighted by atomic mass is 32.1. The molecule has 0 radical (unpaired) electrons. The second-order valence-corrected chi connectivity index (χ2v) is 6.06. The molecular formula is C17H28O3S. The monoisotopic (exact) mass is 312 g/mol. The topological polar surface area (TPSA) is 35.5 Å². The molecule has 4 heteroatoms.